The predicted molar refractivity (Wildman–Crippen MR) is 93.0 cm³/mol. The molecule has 1 aromatic heterocycles. The number of benzene rings is 1. The topological polar surface area (TPSA) is 97.1 Å². The molecule has 0 radical (unpaired) electrons. The van der Waals surface area contributed by atoms with Crippen LogP contribution >= 0.6 is 11.3 Å². The number of rotatable bonds is 3. The second-order valence-corrected chi connectivity index (χ2v) is 6.50. The van der Waals surface area contributed by atoms with Crippen molar-refractivity contribution >= 4 is 40.0 Å². The van der Waals surface area contributed by atoms with Gasteiger partial charge >= 0.3 is 0 Å². The number of amides is 2. The van der Waals surface area contributed by atoms with E-state index in [1.54, 1.807) is 41.1 Å². The van der Waals surface area contributed by atoms with Gasteiger partial charge in [0.05, 0.1) is 22.5 Å². The summed E-state index contributed by atoms with van der Waals surface area (Å²) in [6.07, 6.45) is 2.97. The highest BCUT2D eigenvalue weighted by molar-refractivity contribution is 7.11. The van der Waals surface area contributed by atoms with Crippen molar-refractivity contribution in [1.82, 2.24) is 10.3 Å². The molecule has 2 aliphatic rings. The molecule has 2 amide bonds. The van der Waals surface area contributed by atoms with Crippen LogP contribution in [0.15, 0.2) is 41.7 Å². The number of primary amides is 1. The molecule has 120 valence electrons. The van der Waals surface area contributed by atoms with Gasteiger partial charge in [-0.15, -0.1) is 11.3 Å². The molecule has 1 aliphatic carbocycles. The minimum absolute atomic E-state index is 0.0376. The molecule has 0 unspecified atom stereocenters. The Labute approximate surface area is 142 Å². The molecule has 6 nitrogen and oxygen atoms in total. The van der Waals surface area contributed by atoms with Gasteiger partial charge in [0.25, 0.3) is 0 Å². The molecular formula is C17H14N4O2S. The van der Waals surface area contributed by atoms with Crippen LogP contribution in [-0.2, 0) is 4.79 Å². The fourth-order valence-corrected chi connectivity index (χ4v) is 3.80. The summed E-state index contributed by atoms with van der Waals surface area (Å²) in [4.78, 5) is 28.3. The lowest BCUT2D eigenvalue weighted by atomic mass is 9.95. The van der Waals surface area contributed by atoms with E-state index >= 15 is 0 Å². The van der Waals surface area contributed by atoms with E-state index < -0.39 is 5.91 Å². The first kappa shape index (κ1) is 14.6. The van der Waals surface area contributed by atoms with Crippen molar-refractivity contribution in [2.45, 2.75) is 12.8 Å². The molecule has 2 heterocycles. The number of hydrogen-bond acceptors (Lipinski definition) is 5. The largest absolute Gasteiger partial charge is 0.366 e. The van der Waals surface area contributed by atoms with E-state index in [2.05, 4.69) is 15.6 Å². The van der Waals surface area contributed by atoms with Crippen molar-refractivity contribution in [1.29, 1.82) is 0 Å². The van der Waals surface area contributed by atoms with Gasteiger partial charge in [0.1, 0.15) is 0 Å². The molecule has 0 spiro atoms. The molecule has 7 heteroatoms. The number of carbonyl (C=O) groups is 2. The van der Waals surface area contributed by atoms with Gasteiger partial charge in [0, 0.05) is 40.7 Å². The summed E-state index contributed by atoms with van der Waals surface area (Å²) >= 11 is 1.55. The lowest BCUT2D eigenvalue weighted by Gasteiger charge is -2.16. The zero-order chi connectivity index (χ0) is 16.7. The van der Waals surface area contributed by atoms with Gasteiger partial charge in [0.15, 0.2) is 0 Å². The van der Waals surface area contributed by atoms with Crippen molar-refractivity contribution in [2.24, 2.45) is 5.73 Å². The Morgan fingerprint density at radius 2 is 2.08 bits per heavy atom. The van der Waals surface area contributed by atoms with Crippen molar-refractivity contribution in [3.63, 3.8) is 0 Å². The number of aromatic nitrogens is 1. The quantitative estimate of drug-likeness (QED) is 0.800. The maximum atomic E-state index is 11.7. The van der Waals surface area contributed by atoms with E-state index in [0.29, 0.717) is 18.4 Å². The molecule has 1 aromatic carbocycles. The molecule has 0 saturated heterocycles. The third kappa shape index (κ3) is 2.48. The third-order valence-electron chi connectivity index (χ3n) is 4.09. The predicted octanol–water partition coefficient (Wildman–Crippen LogP) is 2.33. The maximum Gasteiger partial charge on any atom is 0.248 e. The lowest BCUT2D eigenvalue weighted by molar-refractivity contribution is -0.118. The Kier molecular flexibility index (Phi) is 3.42. The van der Waals surface area contributed by atoms with Gasteiger partial charge in [-0.05, 0) is 24.3 Å². The Morgan fingerprint density at radius 3 is 2.83 bits per heavy atom. The van der Waals surface area contributed by atoms with E-state index in [1.165, 1.54) is 0 Å². The summed E-state index contributed by atoms with van der Waals surface area (Å²) in [5.74, 6) is -0.411. The molecule has 0 saturated carbocycles. The molecule has 1 aliphatic heterocycles. The van der Waals surface area contributed by atoms with Gasteiger partial charge in [0.2, 0.25) is 11.8 Å². The van der Waals surface area contributed by atoms with Crippen LogP contribution in [0.25, 0.3) is 11.1 Å². The summed E-state index contributed by atoms with van der Waals surface area (Å²) in [6, 6.07) is 6.94. The molecule has 24 heavy (non-hydrogen) atoms. The normalized spacial score (nSPS) is 17.5. The van der Waals surface area contributed by atoms with Crippen LogP contribution in [0.1, 0.15) is 33.8 Å². The molecule has 0 fully saturated rings. The summed E-state index contributed by atoms with van der Waals surface area (Å²) < 4.78 is 0. The van der Waals surface area contributed by atoms with Crippen molar-refractivity contribution in [3.05, 3.63) is 57.8 Å². The van der Waals surface area contributed by atoms with Crippen LogP contribution in [0.4, 0.5) is 5.69 Å². The Balaban J connectivity index is 1.60. The highest BCUT2D eigenvalue weighted by Gasteiger charge is 2.31. The van der Waals surface area contributed by atoms with Crippen LogP contribution in [0.5, 0.6) is 0 Å². The monoisotopic (exact) mass is 338 g/mol. The zero-order valence-corrected chi connectivity index (χ0v) is 13.4. The number of hydrogen-bond donors (Lipinski definition) is 3. The molecule has 4 N–H and O–H groups in total. The number of nitrogens with two attached hydrogens (primary N) is 1. The highest BCUT2D eigenvalue weighted by Crippen LogP contribution is 2.42. The van der Waals surface area contributed by atoms with E-state index in [0.717, 1.165) is 33.1 Å². The molecule has 0 bridgehead atoms. The number of thiazole rings is 1. The number of anilines is 1. The number of nitrogens with one attached hydrogen (secondary N) is 2. The van der Waals surface area contributed by atoms with Crippen LogP contribution in [0.2, 0.25) is 0 Å². The van der Waals surface area contributed by atoms with Crippen molar-refractivity contribution in [3.8, 4) is 0 Å². The Morgan fingerprint density at radius 1 is 1.29 bits per heavy atom. The summed E-state index contributed by atoms with van der Waals surface area (Å²) in [5.41, 5.74) is 12.3. The summed E-state index contributed by atoms with van der Waals surface area (Å²) in [5, 5.41) is 6.15. The van der Waals surface area contributed by atoms with E-state index in [1.807, 2.05) is 6.20 Å². The van der Waals surface area contributed by atoms with Crippen LogP contribution in [0.3, 0.4) is 0 Å². The second-order valence-electron chi connectivity index (χ2n) is 5.64. The smallest absolute Gasteiger partial charge is 0.248 e. The second kappa shape index (κ2) is 5.61. The first-order chi connectivity index (χ1) is 11.6. The van der Waals surface area contributed by atoms with Crippen molar-refractivity contribution in [2.75, 3.05) is 5.32 Å². The maximum absolute atomic E-state index is 11.7. The number of nitrogens with zero attached hydrogens (tertiary/aromatic N) is 1. The fraction of sp³-hybridized carbons (Fsp3) is 0.118. The molecule has 2 aromatic rings. The van der Waals surface area contributed by atoms with Crippen LogP contribution in [-0.4, -0.2) is 16.8 Å². The summed E-state index contributed by atoms with van der Waals surface area (Å²) in [6.45, 7) is 0. The molecule has 0 atom stereocenters. The SMILES string of the molecule is NC(=O)c1ccc(N/C=C2/CC3=C(CC(=O)N3)c3scnc32)cc1. The van der Waals surface area contributed by atoms with Crippen molar-refractivity contribution < 1.29 is 9.59 Å². The van der Waals surface area contributed by atoms with Gasteiger partial charge < -0.3 is 16.4 Å². The average Bonchev–Trinajstić information content (AvgIpc) is 3.18. The van der Waals surface area contributed by atoms with Crippen LogP contribution in [0, 0.1) is 0 Å². The highest BCUT2D eigenvalue weighted by atomic mass is 32.1. The third-order valence-corrected chi connectivity index (χ3v) is 4.97. The number of allylic oxidation sites excluding steroid dienone is 1. The average molecular weight is 338 g/mol. The van der Waals surface area contributed by atoms with Gasteiger partial charge in [-0.25, -0.2) is 4.98 Å². The molecular weight excluding hydrogens is 324 g/mol. The van der Waals surface area contributed by atoms with Gasteiger partial charge in [-0.2, -0.15) is 0 Å². The van der Waals surface area contributed by atoms with E-state index in [-0.39, 0.29) is 5.91 Å². The zero-order valence-electron chi connectivity index (χ0n) is 12.6. The van der Waals surface area contributed by atoms with E-state index in [4.69, 9.17) is 5.73 Å². The minimum atomic E-state index is -0.448. The molecule has 4 rings (SSSR count). The Hall–Kier alpha value is -2.93. The van der Waals surface area contributed by atoms with Crippen LogP contribution < -0.4 is 16.4 Å². The van der Waals surface area contributed by atoms with Gasteiger partial charge in [-0.3, -0.25) is 9.59 Å². The fourth-order valence-electron chi connectivity index (χ4n) is 2.91. The van der Waals surface area contributed by atoms with Gasteiger partial charge in [-0.1, -0.05) is 0 Å². The number of fused-ring (bicyclic) bond motifs is 2. The Bertz CT molecular complexity index is 909. The standard InChI is InChI=1S/C17H14N4O2S/c18-17(23)9-1-3-11(4-2-9)19-7-10-5-13-12(6-14(22)21-13)16-15(10)20-8-24-16/h1-4,7-8,19H,5-6H2,(H2,18,23)(H,21,22)/b10-7-. The van der Waals surface area contributed by atoms with E-state index in [9.17, 15) is 9.59 Å². The summed E-state index contributed by atoms with van der Waals surface area (Å²) in [7, 11) is 0. The number of carbonyl (C=O) groups excluding carboxylic acids is 2. The minimum Gasteiger partial charge on any atom is -0.366 e. The lowest BCUT2D eigenvalue weighted by Crippen LogP contribution is -2.16. The first-order valence-electron chi connectivity index (χ1n) is 7.43. The first-order valence-corrected chi connectivity index (χ1v) is 8.31.